The molecule has 0 fully saturated rings. The molecule has 0 saturated heterocycles. The van der Waals surface area contributed by atoms with Crippen molar-refractivity contribution >= 4 is 6.03 Å². The maximum atomic E-state index is 11.3. The Morgan fingerprint density at radius 2 is 2.19 bits per heavy atom. The molecule has 0 aliphatic carbocycles. The zero-order valence-electron chi connectivity index (χ0n) is 9.78. The fourth-order valence-electron chi connectivity index (χ4n) is 0.909. The minimum Gasteiger partial charge on any atom is -0.331 e. The Balaban J connectivity index is 2.26. The summed E-state index contributed by atoms with van der Waals surface area (Å²) in [7, 11) is 0. The number of carbonyl (C=O) groups excluding carboxylic acids is 1. The highest BCUT2D eigenvalue weighted by atomic mass is 16.7. The summed E-state index contributed by atoms with van der Waals surface area (Å²) < 4.78 is 0. The summed E-state index contributed by atoms with van der Waals surface area (Å²) in [6, 6.07) is 5.16. The molecular formula is C11H17N3O2. The van der Waals surface area contributed by atoms with E-state index in [2.05, 4.69) is 15.8 Å². The number of carbonyl (C=O) groups is 1. The summed E-state index contributed by atoms with van der Waals surface area (Å²) in [5.41, 5.74) is 2.71. The molecule has 0 spiro atoms. The van der Waals surface area contributed by atoms with Crippen LogP contribution in [0.2, 0.25) is 0 Å². The Hall–Kier alpha value is -1.62. The van der Waals surface area contributed by atoms with Crippen LogP contribution in [0.5, 0.6) is 0 Å². The molecule has 1 aromatic rings. The summed E-state index contributed by atoms with van der Waals surface area (Å²) in [6.07, 6.45) is 1.68. The topological polar surface area (TPSA) is 63.2 Å². The molecule has 1 rings (SSSR count). The molecule has 2 amide bonds. The number of nitrogens with one attached hydrogen (secondary N) is 2. The lowest BCUT2D eigenvalue weighted by atomic mass is 10.2. The number of urea groups is 1. The average Bonchev–Trinajstić information content (AvgIpc) is 2.24. The number of hydrogen-bond acceptors (Lipinski definition) is 3. The van der Waals surface area contributed by atoms with Gasteiger partial charge in [-0.2, -0.15) is 0 Å². The van der Waals surface area contributed by atoms with E-state index in [1.807, 2.05) is 39.0 Å². The molecule has 1 aromatic heterocycles. The van der Waals surface area contributed by atoms with Crippen molar-refractivity contribution in [1.82, 2.24) is 15.8 Å². The van der Waals surface area contributed by atoms with Gasteiger partial charge in [0.25, 0.3) is 0 Å². The van der Waals surface area contributed by atoms with E-state index in [0.29, 0.717) is 6.54 Å². The molecule has 0 aliphatic rings. The zero-order valence-corrected chi connectivity index (χ0v) is 9.78. The molecule has 0 aromatic carbocycles. The maximum absolute atomic E-state index is 11.3. The van der Waals surface area contributed by atoms with Crippen LogP contribution in [0.15, 0.2) is 24.4 Å². The highest BCUT2D eigenvalue weighted by Crippen LogP contribution is 2.03. The van der Waals surface area contributed by atoms with Gasteiger partial charge in [0.1, 0.15) is 0 Å². The molecule has 2 N–H and O–H groups in total. The summed E-state index contributed by atoms with van der Waals surface area (Å²) in [4.78, 5) is 20.5. The van der Waals surface area contributed by atoms with E-state index in [9.17, 15) is 4.79 Å². The number of nitrogens with zero attached hydrogens (tertiary/aromatic N) is 1. The molecule has 0 radical (unpaired) electrons. The highest BCUT2D eigenvalue weighted by molar-refractivity contribution is 5.72. The number of rotatable bonds is 3. The fraction of sp³-hybridized carbons (Fsp3) is 0.455. The first-order valence-electron chi connectivity index (χ1n) is 5.09. The summed E-state index contributed by atoms with van der Waals surface area (Å²) in [6.45, 7) is 5.93. The number of amides is 2. The Labute approximate surface area is 95.2 Å². The second-order valence-corrected chi connectivity index (χ2v) is 4.32. The lowest BCUT2D eigenvalue weighted by molar-refractivity contribution is -0.0529. The van der Waals surface area contributed by atoms with Gasteiger partial charge in [-0.3, -0.25) is 9.82 Å². The lowest BCUT2D eigenvalue weighted by Crippen LogP contribution is -2.40. The molecule has 16 heavy (non-hydrogen) atoms. The normalized spacial score (nSPS) is 10.9. The fourth-order valence-corrected chi connectivity index (χ4v) is 0.909. The monoisotopic (exact) mass is 223 g/mol. The minimum absolute atomic E-state index is 0.374. The number of pyridine rings is 1. The van der Waals surface area contributed by atoms with Crippen molar-refractivity contribution in [3.63, 3.8) is 0 Å². The second-order valence-electron chi connectivity index (χ2n) is 4.32. The van der Waals surface area contributed by atoms with Crippen molar-refractivity contribution < 1.29 is 9.63 Å². The predicted molar refractivity (Wildman–Crippen MR) is 60.4 cm³/mol. The molecule has 0 bridgehead atoms. The van der Waals surface area contributed by atoms with E-state index in [0.717, 1.165) is 5.69 Å². The van der Waals surface area contributed by atoms with Gasteiger partial charge in [0.15, 0.2) is 0 Å². The van der Waals surface area contributed by atoms with Gasteiger partial charge in [-0.1, -0.05) is 6.07 Å². The minimum atomic E-state index is -0.400. The quantitative estimate of drug-likeness (QED) is 0.765. The van der Waals surface area contributed by atoms with Gasteiger partial charge < -0.3 is 5.32 Å². The smallest absolute Gasteiger partial charge is 0.331 e. The maximum Gasteiger partial charge on any atom is 0.339 e. The third-order valence-corrected chi connectivity index (χ3v) is 1.61. The number of hydroxylamine groups is 1. The second kappa shape index (κ2) is 5.46. The Bertz CT molecular complexity index is 333. The third-order valence-electron chi connectivity index (χ3n) is 1.61. The zero-order chi connectivity index (χ0) is 12.0. The van der Waals surface area contributed by atoms with Crippen LogP contribution in [0.4, 0.5) is 4.79 Å². The van der Waals surface area contributed by atoms with Gasteiger partial charge in [0.2, 0.25) is 0 Å². The standard InChI is InChI=1S/C11H17N3O2/c1-11(2,3)16-14-10(15)13-8-9-6-4-5-7-12-9/h4-7H,8H2,1-3H3,(H2,13,14,15). The van der Waals surface area contributed by atoms with Crippen LogP contribution in [0.3, 0.4) is 0 Å². The van der Waals surface area contributed by atoms with E-state index >= 15 is 0 Å². The summed E-state index contributed by atoms with van der Waals surface area (Å²) in [5.74, 6) is 0. The molecule has 1 heterocycles. The molecule has 0 aliphatic heterocycles. The molecule has 5 nitrogen and oxygen atoms in total. The van der Waals surface area contributed by atoms with E-state index in [-0.39, 0.29) is 6.03 Å². The Morgan fingerprint density at radius 3 is 2.75 bits per heavy atom. The van der Waals surface area contributed by atoms with Gasteiger partial charge in [0, 0.05) is 6.20 Å². The van der Waals surface area contributed by atoms with Gasteiger partial charge in [-0.25, -0.2) is 10.3 Å². The van der Waals surface area contributed by atoms with Crippen molar-refractivity contribution in [3.05, 3.63) is 30.1 Å². The van der Waals surface area contributed by atoms with Gasteiger partial charge in [0.05, 0.1) is 17.8 Å². The third kappa shape index (κ3) is 5.31. The van der Waals surface area contributed by atoms with Crippen LogP contribution in [0.1, 0.15) is 26.5 Å². The van der Waals surface area contributed by atoms with Gasteiger partial charge in [-0.15, -0.1) is 0 Å². The van der Waals surface area contributed by atoms with Crippen molar-refractivity contribution in [2.75, 3.05) is 0 Å². The van der Waals surface area contributed by atoms with Crippen molar-refractivity contribution in [2.45, 2.75) is 32.9 Å². The molecular weight excluding hydrogens is 206 g/mol. The average molecular weight is 223 g/mol. The first-order chi connectivity index (χ1) is 7.47. The van der Waals surface area contributed by atoms with E-state index in [1.54, 1.807) is 6.20 Å². The van der Waals surface area contributed by atoms with Crippen LogP contribution >= 0.6 is 0 Å². The molecule has 0 saturated carbocycles. The molecule has 0 unspecified atom stereocenters. The molecule has 0 atom stereocenters. The van der Waals surface area contributed by atoms with Crippen LogP contribution < -0.4 is 10.8 Å². The Kier molecular flexibility index (Phi) is 4.25. The first-order valence-corrected chi connectivity index (χ1v) is 5.09. The van der Waals surface area contributed by atoms with Crippen molar-refractivity contribution in [2.24, 2.45) is 0 Å². The number of hydrogen-bond donors (Lipinski definition) is 2. The SMILES string of the molecule is CC(C)(C)ONC(=O)NCc1ccccn1. The van der Waals surface area contributed by atoms with E-state index < -0.39 is 5.60 Å². The number of aromatic nitrogens is 1. The van der Waals surface area contributed by atoms with Gasteiger partial charge >= 0.3 is 6.03 Å². The van der Waals surface area contributed by atoms with E-state index in [4.69, 9.17) is 4.84 Å². The van der Waals surface area contributed by atoms with Crippen LogP contribution in [-0.4, -0.2) is 16.6 Å². The van der Waals surface area contributed by atoms with Crippen molar-refractivity contribution in [1.29, 1.82) is 0 Å². The summed E-state index contributed by atoms with van der Waals surface area (Å²) in [5, 5.41) is 2.63. The molecule has 5 heteroatoms. The lowest BCUT2D eigenvalue weighted by Gasteiger charge is -2.19. The highest BCUT2D eigenvalue weighted by Gasteiger charge is 2.12. The van der Waals surface area contributed by atoms with Crippen LogP contribution in [0.25, 0.3) is 0 Å². The van der Waals surface area contributed by atoms with E-state index in [1.165, 1.54) is 0 Å². The summed E-state index contributed by atoms with van der Waals surface area (Å²) >= 11 is 0. The largest absolute Gasteiger partial charge is 0.339 e. The predicted octanol–water partition coefficient (Wildman–Crippen LogP) is 1.61. The first kappa shape index (κ1) is 12.4. The van der Waals surface area contributed by atoms with Crippen LogP contribution in [0, 0.1) is 0 Å². The molecule has 88 valence electrons. The van der Waals surface area contributed by atoms with Crippen molar-refractivity contribution in [3.8, 4) is 0 Å². The van der Waals surface area contributed by atoms with Crippen LogP contribution in [-0.2, 0) is 11.4 Å². The van der Waals surface area contributed by atoms with Gasteiger partial charge in [-0.05, 0) is 32.9 Å². The Morgan fingerprint density at radius 1 is 1.44 bits per heavy atom.